The third-order valence-electron chi connectivity index (χ3n) is 6.25. The molecule has 1 aromatic heterocycles. The Morgan fingerprint density at radius 2 is 1.11 bits per heavy atom. The lowest BCUT2D eigenvalue weighted by Crippen LogP contribution is -2.00. The Hall–Kier alpha value is -4.69. The van der Waals surface area contributed by atoms with Gasteiger partial charge in [0.05, 0.1) is 17.1 Å². The first kappa shape index (κ1) is 20.9. The molecule has 0 aliphatic heterocycles. The fourth-order valence-electron chi connectivity index (χ4n) is 4.59. The van der Waals surface area contributed by atoms with Crippen molar-refractivity contribution in [1.82, 2.24) is 4.57 Å². The molecule has 0 radical (unpaired) electrons. The van der Waals surface area contributed by atoms with Crippen molar-refractivity contribution in [2.75, 3.05) is 0 Å². The van der Waals surface area contributed by atoms with Gasteiger partial charge in [0.2, 0.25) is 0 Å². The highest BCUT2D eigenvalue weighted by atomic mass is 15.0. The molecule has 0 unspecified atom stereocenters. The second-order valence-corrected chi connectivity index (χ2v) is 8.53. The van der Waals surface area contributed by atoms with Gasteiger partial charge in [-0.05, 0) is 52.2 Å². The van der Waals surface area contributed by atoms with Gasteiger partial charge in [-0.25, -0.2) is 0 Å². The monoisotopic (exact) mass is 448 g/mol. The van der Waals surface area contributed by atoms with Crippen LogP contribution in [0.4, 0.5) is 5.69 Å². The van der Waals surface area contributed by atoms with Crippen LogP contribution in [-0.2, 0) is 0 Å². The molecule has 5 aromatic carbocycles. The number of hydrogen-bond donors (Lipinski definition) is 0. The molecule has 0 aliphatic carbocycles. The molecule has 0 amide bonds. The number of hydrogen-bond acceptors (Lipinski definition) is 1. The second-order valence-electron chi connectivity index (χ2n) is 8.53. The van der Waals surface area contributed by atoms with Crippen molar-refractivity contribution in [1.29, 1.82) is 0 Å². The highest BCUT2D eigenvalue weighted by molar-refractivity contribution is 5.95. The Labute approximate surface area is 205 Å². The predicted octanol–water partition coefficient (Wildman–Crippen LogP) is 8.72. The number of benzene rings is 5. The van der Waals surface area contributed by atoms with Gasteiger partial charge < -0.3 is 4.57 Å². The van der Waals surface area contributed by atoms with Crippen LogP contribution < -0.4 is 0 Å². The van der Waals surface area contributed by atoms with Crippen LogP contribution in [0.15, 0.2) is 145 Å². The zero-order valence-corrected chi connectivity index (χ0v) is 19.3. The van der Waals surface area contributed by atoms with Crippen molar-refractivity contribution in [2.45, 2.75) is 0 Å². The van der Waals surface area contributed by atoms with Crippen molar-refractivity contribution in [2.24, 2.45) is 4.99 Å². The predicted molar refractivity (Wildman–Crippen MR) is 148 cm³/mol. The fraction of sp³-hybridized carbons (Fsp3) is 0. The number of rotatable bonds is 5. The first-order valence-corrected chi connectivity index (χ1v) is 11.8. The van der Waals surface area contributed by atoms with E-state index in [2.05, 4.69) is 144 Å². The molecule has 0 bridgehead atoms. The summed E-state index contributed by atoms with van der Waals surface area (Å²) < 4.78 is 2.34. The molecule has 35 heavy (non-hydrogen) atoms. The molecule has 2 heteroatoms. The summed E-state index contributed by atoms with van der Waals surface area (Å²) in [6.45, 7) is 0. The molecule has 6 aromatic rings. The Bertz CT molecular complexity index is 1610. The summed E-state index contributed by atoms with van der Waals surface area (Å²) in [6.07, 6.45) is 2.00. The van der Waals surface area contributed by atoms with Crippen molar-refractivity contribution in [3.63, 3.8) is 0 Å². The maximum Gasteiger partial charge on any atom is 0.0636 e. The van der Waals surface area contributed by atoms with E-state index in [0.29, 0.717) is 0 Å². The summed E-state index contributed by atoms with van der Waals surface area (Å²) in [7, 11) is 0. The molecule has 0 atom stereocenters. The fourth-order valence-corrected chi connectivity index (χ4v) is 4.59. The molecule has 0 saturated heterocycles. The van der Waals surface area contributed by atoms with Crippen LogP contribution in [0.2, 0.25) is 0 Å². The molecule has 0 spiro atoms. The standard InChI is InChI=1S/C33H24N2/c1-4-13-26(14-5-1)32-23-29(24-34-30-21-20-25-12-10-11-17-28(25)22-30)33(27-15-6-2-7-16-27)35(32)31-18-8-3-9-19-31/h1-24H. The van der Waals surface area contributed by atoms with Gasteiger partial charge in [-0.3, -0.25) is 4.99 Å². The normalized spacial score (nSPS) is 11.3. The maximum absolute atomic E-state index is 4.92. The topological polar surface area (TPSA) is 17.3 Å². The van der Waals surface area contributed by atoms with E-state index < -0.39 is 0 Å². The van der Waals surface area contributed by atoms with E-state index in [0.717, 1.165) is 33.9 Å². The minimum Gasteiger partial charge on any atom is -0.309 e. The minimum absolute atomic E-state index is 0.941. The molecule has 0 fully saturated rings. The lowest BCUT2D eigenvalue weighted by molar-refractivity contribution is 1.09. The Balaban J connectivity index is 1.57. The molecule has 0 aliphatic rings. The first-order chi connectivity index (χ1) is 17.4. The number of fused-ring (bicyclic) bond motifs is 1. The van der Waals surface area contributed by atoms with Gasteiger partial charge in [0.1, 0.15) is 0 Å². The van der Waals surface area contributed by atoms with Crippen LogP contribution in [0.3, 0.4) is 0 Å². The minimum atomic E-state index is 0.941. The van der Waals surface area contributed by atoms with Crippen molar-refractivity contribution in [3.05, 3.63) is 145 Å². The average Bonchev–Trinajstić information content (AvgIpc) is 3.33. The Morgan fingerprint density at radius 1 is 0.514 bits per heavy atom. The highest BCUT2D eigenvalue weighted by Gasteiger charge is 2.18. The van der Waals surface area contributed by atoms with Gasteiger partial charge in [-0.15, -0.1) is 0 Å². The van der Waals surface area contributed by atoms with E-state index in [-0.39, 0.29) is 0 Å². The van der Waals surface area contributed by atoms with E-state index in [4.69, 9.17) is 4.99 Å². The summed E-state index contributed by atoms with van der Waals surface area (Å²) >= 11 is 0. The van der Waals surface area contributed by atoms with Gasteiger partial charge in [0.25, 0.3) is 0 Å². The number of aromatic nitrogens is 1. The maximum atomic E-state index is 4.92. The molecule has 6 rings (SSSR count). The van der Waals surface area contributed by atoms with Crippen molar-refractivity contribution < 1.29 is 0 Å². The quantitative estimate of drug-likeness (QED) is 0.235. The summed E-state index contributed by atoms with van der Waals surface area (Å²) in [5.41, 5.74) is 7.72. The summed E-state index contributed by atoms with van der Waals surface area (Å²) in [4.78, 5) is 4.92. The van der Waals surface area contributed by atoms with Gasteiger partial charge in [0.15, 0.2) is 0 Å². The van der Waals surface area contributed by atoms with E-state index in [9.17, 15) is 0 Å². The molecule has 0 saturated carbocycles. The van der Waals surface area contributed by atoms with Crippen molar-refractivity contribution >= 4 is 22.7 Å². The van der Waals surface area contributed by atoms with Gasteiger partial charge in [-0.2, -0.15) is 0 Å². The van der Waals surface area contributed by atoms with Gasteiger partial charge in [0, 0.05) is 17.5 Å². The van der Waals surface area contributed by atoms with Crippen molar-refractivity contribution in [3.8, 4) is 28.2 Å². The summed E-state index contributed by atoms with van der Waals surface area (Å²) in [6, 6.07) is 48.6. The molecule has 166 valence electrons. The number of para-hydroxylation sites is 1. The second kappa shape index (κ2) is 9.28. The zero-order chi connectivity index (χ0) is 23.5. The third kappa shape index (κ3) is 4.18. The average molecular weight is 449 g/mol. The smallest absolute Gasteiger partial charge is 0.0636 e. The largest absolute Gasteiger partial charge is 0.309 e. The molecule has 2 nitrogen and oxygen atoms in total. The lowest BCUT2D eigenvalue weighted by atomic mass is 10.1. The van der Waals surface area contributed by atoms with Gasteiger partial charge >= 0.3 is 0 Å². The van der Waals surface area contributed by atoms with Crippen LogP contribution >= 0.6 is 0 Å². The van der Waals surface area contributed by atoms with Crippen LogP contribution in [0, 0.1) is 0 Å². The third-order valence-corrected chi connectivity index (χ3v) is 6.25. The van der Waals surface area contributed by atoms with Crippen LogP contribution in [0.25, 0.3) is 39.0 Å². The SMILES string of the molecule is C(=Nc1ccc2ccccc2c1)c1cc(-c2ccccc2)n(-c2ccccc2)c1-c1ccccc1. The molecule has 0 N–H and O–H groups in total. The van der Waals surface area contributed by atoms with Crippen LogP contribution in [-0.4, -0.2) is 10.8 Å². The Morgan fingerprint density at radius 3 is 1.83 bits per heavy atom. The van der Waals surface area contributed by atoms with Crippen LogP contribution in [0.1, 0.15) is 5.56 Å². The number of aliphatic imine (C=N–C) groups is 1. The number of nitrogens with zero attached hydrogens (tertiary/aromatic N) is 2. The summed E-state index contributed by atoms with van der Waals surface area (Å²) in [5.74, 6) is 0. The zero-order valence-electron chi connectivity index (χ0n) is 19.3. The molecule has 1 heterocycles. The van der Waals surface area contributed by atoms with E-state index in [1.54, 1.807) is 0 Å². The Kier molecular flexibility index (Phi) is 5.54. The lowest BCUT2D eigenvalue weighted by Gasteiger charge is -2.15. The molecular formula is C33H24N2. The van der Waals surface area contributed by atoms with E-state index >= 15 is 0 Å². The first-order valence-electron chi connectivity index (χ1n) is 11.8. The van der Waals surface area contributed by atoms with E-state index in [1.807, 2.05) is 6.21 Å². The van der Waals surface area contributed by atoms with Crippen LogP contribution in [0.5, 0.6) is 0 Å². The van der Waals surface area contributed by atoms with E-state index in [1.165, 1.54) is 16.3 Å². The molecular weight excluding hydrogens is 424 g/mol. The van der Waals surface area contributed by atoms with Gasteiger partial charge in [-0.1, -0.05) is 109 Å². The highest BCUT2D eigenvalue weighted by Crippen LogP contribution is 2.35. The summed E-state index contributed by atoms with van der Waals surface area (Å²) in [5, 5.41) is 2.41.